The van der Waals surface area contributed by atoms with Crippen LogP contribution in [-0.2, 0) is 9.53 Å². The number of nitrogens with zero attached hydrogens (tertiary/aromatic N) is 3. The molecule has 2 heterocycles. The van der Waals surface area contributed by atoms with Crippen LogP contribution in [-0.4, -0.2) is 82.1 Å². The first kappa shape index (κ1) is 30.0. The first-order chi connectivity index (χ1) is 19.3. The summed E-state index contributed by atoms with van der Waals surface area (Å²) in [6.07, 6.45) is 2.89. The van der Waals surface area contributed by atoms with Crippen LogP contribution in [0.25, 0.3) is 0 Å². The molecule has 4 rings (SSSR count). The summed E-state index contributed by atoms with van der Waals surface area (Å²) in [5, 5.41) is 13.9. The molecule has 2 aliphatic rings. The van der Waals surface area contributed by atoms with Crippen LogP contribution in [0.15, 0.2) is 30.3 Å². The first-order valence-electron chi connectivity index (χ1n) is 14.1. The molecule has 0 bridgehead atoms. The van der Waals surface area contributed by atoms with E-state index in [1.807, 2.05) is 6.92 Å². The predicted molar refractivity (Wildman–Crippen MR) is 152 cm³/mol. The van der Waals surface area contributed by atoms with Crippen molar-refractivity contribution >= 4 is 17.8 Å². The summed E-state index contributed by atoms with van der Waals surface area (Å²) in [5.41, 5.74) is -0.264. The van der Waals surface area contributed by atoms with E-state index in [2.05, 4.69) is 15.1 Å². The van der Waals surface area contributed by atoms with E-state index >= 15 is 4.39 Å². The molecule has 2 aromatic carbocycles. The number of aromatic hydroxyl groups is 1. The van der Waals surface area contributed by atoms with Gasteiger partial charge in [0, 0.05) is 64.6 Å². The molecular weight excluding hydrogens is 518 g/mol. The molecule has 2 N–H and O–H groups in total. The molecule has 0 aromatic heterocycles. The largest absolute Gasteiger partial charge is 0.503 e. The van der Waals surface area contributed by atoms with Gasteiger partial charge in [0.05, 0.1) is 30.1 Å². The number of amides is 1. The van der Waals surface area contributed by atoms with Gasteiger partial charge in [0.2, 0.25) is 6.41 Å². The van der Waals surface area contributed by atoms with Crippen LogP contribution in [0.4, 0.5) is 20.2 Å². The Bertz CT molecular complexity index is 1150. The zero-order valence-corrected chi connectivity index (χ0v) is 24.0. The van der Waals surface area contributed by atoms with E-state index in [-0.39, 0.29) is 5.69 Å². The van der Waals surface area contributed by atoms with E-state index in [4.69, 9.17) is 9.47 Å². The summed E-state index contributed by atoms with van der Waals surface area (Å²) in [7, 11) is 3.00. The lowest BCUT2D eigenvalue weighted by Crippen LogP contribution is -2.47. The fourth-order valence-electron chi connectivity index (χ4n) is 6.00. The Morgan fingerprint density at radius 2 is 1.85 bits per heavy atom. The van der Waals surface area contributed by atoms with Gasteiger partial charge in [-0.25, -0.2) is 8.78 Å². The summed E-state index contributed by atoms with van der Waals surface area (Å²) in [6, 6.07) is 6.07. The van der Waals surface area contributed by atoms with Crippen molar-refractivity contribution in [1.29, 1.82) is 0 Å². The van der Waals surface area contributed by atoms with Gasteiger partial charge >= 0.3 is 0 Å². The van der Waals surface area contributed by atoms with Gasteiger partial charge in [0.15, 0.2) is 11.6 Å². The number of hydrogen-bond acceptors (Lipinski definition) is 7. The lowest BCUT2D eigenvalue weighted by molar-refractivity contribution is -0.110. The van der Waals surface area contributed by atoms with E-state index in [0.29, 0.717) is 35.7 Å². The van der Waals surface area contributed by atoms with Crippen molar-refractivity contribution in [3.05, 3.63) is 47.5 Å². The lowest BCUT2D eigenvalue weighted by atomic mass is 9.85. The Morgan fingerprint density at radius 3 is 2.45 bits per heavy atom. The zero-order chi connectivity index (χ0) is 28.9. The number of piperazine rings is 1. The number of anilines is 2. The second kappa shape index (κ2) is 13.1. The minimum absolute atomic E-state index is 0.0465. The van der Waals surface area contributed by atoms with Crippen LogP contribution in [0.3, 0.4) is 0 Å². The molecule has 40 heavy (non-hydrogen) atoms. The van der Waals surface area contributed by atoms with Crippen molar-refractivity contribution < 1.29 is 28.2 Å². The maximum absolute atomic E-state index is 15.9. The highest BCUT2D eigenvalue weighted by Gasteiger charge is 2.42. The van der Waals surface area contributed by atoms with Gasteiger partial charge in [-0.3, -0.25) is 4.79 Å². The number of carbonyl (C=O) groups excluding carboxylic acids is 1. The van der Waals surface area contributed by atoms with Gasteiger partial charge in [-0.1, -0.05) is 13.0 Å². The molecule has 0 radical (unpaired) electrons. The molecule has 10 heteroatoms. The molecule has 2 atom stereocenters. The Labute approximate surface area is 235 Å². The fourth-order valence-corrected chi connectivity index (χ4v) is 6.00. The van der Waals surface area contributed by atoms with Crippen molar-refractivity contribution in [3.8, 4) is 11.5 Å². The summed E-state index contributed by atoms with van der Waals surface area (Å²) in [5.74, 6) is -1.02. The molecule has 8 nitrogen and oxygen atoms in total. The molecule has 2 unspecified atom stereocenters. The van der Waals surface area contributed by atoms with E-state index < -0.39 is 29.0 Å². The topological polar surface area (TPSA) is 77.5 Å². The van der Waals surface area contributed by atoms with Crippen molar-refractivity contribution in [3.63, 3.8) is 0 Å². The summed E-state index contributed by atoms with van der Waals surface area (Å²) in [4.78, 5) is 18.3. The van der Waals surface area contributed by atoms with Crippen molar-refractivity contribution in [2.45, 2.75) is 44.8 Å². The van der Waals surface area contributed by atoms with Gasteiger partial charge in [0.1, 0.15) is 11.6 Å². The molecule has 0 aliphatic carbocycles. The number of benzene rings is 2. The number of halogens is 2. The van der Waals surface area contributed by atoms with E-state index in [1.54, 1.807) is 13.0 Å². The van der Waals surface area contributed by atoms with Gasteiger partial charge < -0.3 is 34.6 Å². The normalized spacial score (nSPS) is 19.2. The number of carbonyl (C=O) groups is 1. The van der Waals surface area contributed by atoms with Gasteiger partial charge in [-0.15, -0.1) is 0 Å². The number of hydrogen-bond donors (Lipinski definition) is 2. The predicted octanol–water partition coefficient (Wildman–Crippen LogP) is 4.32. The maximum atomic E-state index is 15.9. The minimum atomic E-state index is -1.02. The number of phenols is 1. The monoisotopic (exact) mass is 560 g/mol. The average Bonchev–Trinajstić information content (AvgIpc) is 2.98. The molecule has 0 spiro atoms. The Morgan fingerprint density at radius 1 is 1.15 bits per heavy atom. The van der Waals surface area contributed by atoms with Crippen LogP contribution in [0.5, 0.6) is 11.5 Å². The number of methoxy groups -OCH3 is 2. The number of rotatable bonds is 11. The fraction of sp³-hybridized carbons (Fsp3) is 0.567. The van der Waals surface area contributed by atoms with E-state index in [1.165, 1.54) is 37.3 Å². The molecule has 0 saturated carbocycles. The van der Waals surface area contributed by atoms with E-state index in [0.717, 1.165) is 64.7 Å². The average molecular weight is 561 g/mol. The van der Waals surface area contributed by atoms with E-state index in [9.17, 15) is 14.3 Å². The van der Waals surface area contributed by atoms with Crippen LogP contribution >= 0.6 is 0 Å². The third kappa shape index (κ3) is 6.19. The third-order valence-electron chi connectivity index (χ3n) is 8.66. The molecule has 2 saturated heterocycles. The first-order valence-corrected chi connectivity index (χ1v) is 14.1. The summed E-state index contributed by atoms with van der Waals surface area (Å²) in [6.45, 7) is 10.4. The molecule has 1 amide bonds. The van der Waals surface area contributed by atoms with Crippen LogP contribution in [0.2, 0.25) is 0 Å². The molecule has 2 aliphatic heterocycles. The highest BCUT2D eigenvalue weighted by Crippen LogP contribution is 2.46. The standard InChI is InChI=1S/C30H42F2N4O4/c1-5-30(2,40-4)29(36(20-37)25-8-6-7-23(31)28(25)38)22-17-24(32)26(18-27(22)39-3)35-13-9-21(10-14-35)19-34-15-11-33-12-16-34/h6-8,17-18,20-21,29,33,38H,5,9-16,19H2,1-4H3. The Balaban J connectivity index is 1.65. The smallest absolute Gasteiger partial charge is 0.214 e. The second-order valence-electron chi connectivity index (χ2n) is 10.9. The molecule has 2 fully saturated rings. The Kier molecular flexibility index (Phi) is 9.86. The maximum Gasteiger partial charge on any atom is 0.214 e. The summed E-state index contributed by atoms with van der Waals surface area (Å²) >= 11 is 0. The summed E-state index contributed by atoms with van der Waals surface area (Å²) < 4.78 is 41.9. The van der Waals surface area contributed by atoms with Crippen LogP contribution < -0.4 is 19.9 Å². The van der Waals surface area contributed by atoms with Gasteiger partial charge in [-0.05, 0) is 50.3 Å². The number of ether oxygens (including phenoxy) is 2. The number of phenolic OH excluding ortho intramolecular Hbond substituents is 1. The van der Waals surface area contributed by atoms with Crippen LogP contribution in [0, 0.1) is 17.6 Å². The molecule has 2 aromatic rings. The minimum Gasteiger partial charge on any atom is -0.503 e. The number of piperidine rings is 1. The highest BCUT2D eigenvalue weighted by molar-refractivity contribution is 5.81. The SMILES string of the molecule is CCC(C)(OC)C(c1cc(F)c(N2CCC(CN3CCNCC3)CC2)cc1OC)N(C=O)c1cccc(F)c1O. The zero-order valence-electron chi connectivity index (χ0n) is 24.0. The van der Waals surface area contributed by atoms with Gasteiger partial charge in [-0.2, -0.15) is 0 Å². The third-order valence-corrected chi connectivity index (χ3v) is 8.66. The van der Waals surface area contributed by atoms with Crippen molar-refractivity contribution in [2.75, 3.05) is 69.8 Å². The lowest BCUT2D eigenvalue weighted by Gasteiger charge is -2.42. The number of nitrogens with one attached hydrogen (secondary N) is 1. The van der Waals surface area contributed by atoms with Crippen molar-refractivity contribution in [2.24, 2.45) is 5.92 Å². The van der Waals surface area contributed by atoms with Crippen LogP contribution in [0.1, 0.15) is 44.7 Å². The molecule has 220 valence electrons. The Hall–Kier alpha value is -2.95. The molecular formula is C30H42F2N4O4. The van der Waals surface area contributed by atoms with Crippen molar-refractivity contribution in [1.82, 2.24) is 10.2 Å². The number of para-hydroxylation sites is 1. The second-order valence-corrected chi connectivity index (χ2v) is 10.9. The van der Waals surface area contributed by atoms with Gasteiger partial charge in [0.25, 0.3) is 0 Å². The quantitative estimate of drug-likeness (QED) is 0.397. The highest BCUT2D eigenvalue weighted by atomic mass is 19.1.